The lowest BCUT2D eigenvalue weighted by Gasteiger charge is -2.15. The molecule has 1 aromatic carbocycles. The molecule has 1 amide bonds. The van der Waals surface area contributed by atoms with Crippen molar-refractivity contribution in [1.82, 2.24) is 19.7 Å². The van der Waals surface area contributed by atoms with Gasteiger partial charge in [0.25, 0.3) is 5.91 Å². The zero-order chi connectivity index (χ0) is 21.3. The van der Waals surface area contributed by atoms with Crippen LogP contribution in [0.3, 0.4) is 0 Å². The molecule has 0 spiro atoms. The summed E-state index contributed by atoms with van der Waals surface area (Å²) in [6.45, 7) is 2.23. The van der Waals surface area contributed by atoms with E-state index in [2.05, 4.69) is 10.4 Å². The number of hydrogen-bond donors (Lipinski definition) is 1. The van der Waals surface area contributed by atoms with Crippen molar-refractivity contribution < 1.29 is 14.0 Å². The third kappa shape index (κ3) is 4.25. The Morgan fingerprint density at radius 2 is 2.03 bits per heavy atom. The molecule has 0 aliphatic carbocycles. The van der Waals surface area contributed by atoms with Crippen molar-refractivity contribution >= 4 is 23.0 Å². The molecule has 30 heavy (non-hydrogen) atoms. The van der Waals surface area contributed by atoms with Crippen LogP contribution >= 0.6 is 11.3 Å². The summed E-state index contributed by atoms with van der Waals surface area (Å²) in [6.07, 6.45) is 1.85. The fraction of sp³-hybridized carbons (Fsp3) is 0.333. The van der Waals surface area contributed by atoms with Crippen LogP contribution in [-0.4, -0.2) is 32.1 Å². The van der Waals surface area contributed by atoms with Gasteiger partial charge in [-0.25, -0.2) is 13.9 Å². The zero-order valence-corrected chi connectivity index (χ0v) is 17.2. The van der Waals surface area contributed by atoms with E-state index in [1.807, 2.05) is 0 Å². The van der Waals surface area contributed by atoms with Gasteiger partial charge in [-0.2, -0.15) is 5.10 Å². The molecule has 1 aliphatic rings. The molecule has 3 heterocycles. The summed E-state index contributed by atoms with van der Waals surface area (Å²) in [7, 11) is 0. The number of nitrogens with one attached hydrogen (secondary N) is 1. The lowest BCUT2D eigenvalue weighted by atomic mass is 10.1. The van der Waals surface area contributed by atoms with Crippen LogP contribution in [-0.2, 0) is 19.5 Å². The minimum absolute atomic E-state index is 0.0594. The molecule has 1 N–H and O–H groups in total. The molecule has 0 radical (unpaired) electrons. The number of carbonyl (C=O) groups excluding carboxylic acids is 2. The number of aryl methyl sites for hydroxylation is 1. The van der Waals surface area contributed by atoms with Gasteiger partial charge in [0.1, 0.15) is 11.6 Å². The van der Waals surface area contributed by atoms with E-state index in [0.717, 1.165) is 5.56 Å². The minimum atomic E-state index is -0.320. The van der Waals surface area contributed by atoms with Crippen LogP contribution in [0.2, 0.25) is 0 Å². The molecule has 2 aromatic heterocycles. The highest BCUT2D eigenvalue weighted by molar-refractivity contribution is 7.12. The molecule has 0 saturated carbocycles. The van der Waals surface area contributed by atoms with Crippen molar-refractivity contribution in [2.24, 2.45) is 0 Å². The highest BCUT2D eigenvalue weighted by Crippen LogP contribution is 2.17. The molecular formula is C21H21FN4O3S. The molecule has 0 saturated heterocycles. The molecule has 0 fully saturated rings. The van der Waals surface area contributed by atoms with Gasteiger partial charge in [0, 0.05) is 24.4 Å². The number of aromatic nitrogens is 3. The Bertz CT molecular complexity index is 1150. The Balaban J connectivity index is 1.41. The molecule has 1 aliphatic heterocycles. The summed E-state index contributed by atoms with van der Waals surface area (Å²) < 4.78 is 16.1. The zero-order valence-electron chi connectivity index (χ0n) is 16.4. The van der Waals surface area contributed by atoms with Crippen molar-refractivity contribution in [2.45, 2.75) is 45.3 Å². The number of Topliss-reactive ketones (excluding diaryl/α,β-unsaturated/α-hetero) is 1. The quantitative estimate of drug-likeness (QED) is 0.633. The number of hydrogen-bond acceptors (Lipinski definition) is 5. The summed E-state index contributed by atoms with van der Waals surface area (Å²) >= 11 is 1.26. The van der Waals surface area contributed by atoms with Crippen LogP contribution in [0.25, 0.3) is 0 Å². The number of carbonyl (C=O) groups is 2. The average Bonchev–Trinajstić information content (AvgIpc) is 3.27. The largest absolute Gasteiger partial charge is 0.349 e. The topological polar surface area (TPSA) is 86.0 Å². The Morgan fingerprint density at radius 3 is 2.73 bits per heavy atom. The molecule has 7 nitrogen and oxygen atoms in total. The number of rotatable bonds is 5. The number of ketones is 1. The first-order chi connectivity index (χ1) is 14.4. The van der Waals surface area contributed by atoms with Crippen molar-refractivity contribution in [2.75, 3.05) is 0 Å². The third-order valence-electron chi connectivity index (χ3n) is 5.21. The van der Waals surface area contributed by atoms with E-state index in [1.165, 1.54) is 35.1 Å². The van der Waals surface area contributed by atoms with Gasteiger partial charge in [-0.15, -0.1) is 11.3 Å². The van der Waals surface area contributed by atoms with Gasteiger partial charge in [0.2, 0.25) is 0 Å². The summed E-state index contributed by atoms with van der Waals surface area (Å²) in [4.78, 5) is 37.2. The first kappa shape index (κ1) is 20.2. The van der Waals surface area contributed by atoms with E-state index in [-0.39, 0.29) is 35.8 Å². The van der Waals surface area contributed by atoms with E-state index in [1.54, 1.807) is 28.1 Å². The molecule has 9 heteroatoms. The second kappa shape index (κ2) is 8.35. The SMILES string of the molecule is CC(=O)c1cc(C(=O)NC2CCc3nn(Cc4ccc(F)cc4)c(=O)n3CC2)cs1. The molecule has 1 unspecified atom stereocenters. The molecule has 1 atom stereocenters. The van der Waals surface area contributed by atoms with Gasteiger partial charge in [-0.05, 0) is 43.5 Å². The number of thiophene rings is 1. The fourth-order valence-corrected chi connectivity index (χ4v) is 4.34. The van der Waals surface area contributed by atoms with E-state index >= 15 is 0 Å². The Morgan fingerprint density at radius 1 is 1.27 bits per heavy atom. The normalized spacial score (nSPS) is 16.0. The van der Waals surface area contributed by atoms with Crippen molar-refractivity contribution in [3.63, 3.8) is 0 Å². The van der Waals surface area contributed by atoms with E-state index in [0.29, 0.717) is 42.1 Å². The lowest BCUT2D eigenvalue weighted by Crippen LogP contribution is -2.35. The number of nitrogens with zero attached hydrogens (tertiary/aromatic N) is 3. The fourth-order valence-electron chi connectivity index (χ4n) is 3.55. The van der Waals surface area contributed by atoms with Crippen LogP contribution in [0, 0.1) is 5.82 Å². The standard InChI is InChI=1S/C21H21FN4O3S/c1-13(27)18-10-15(12-30-18)20(28)23-17-6-7-19-24-26(21(29)25(19)9-8-17)11-14-2-4-16(22)5-3-14/h2-5,10,12,17H,6-9,11H2,1H3,(H,23,28). The van der Waals surface area contributed by atoms with E-state index < -0.39 is 0 Å². The van der Waals surface area contributed by atoms with Gasteiger partial charge in [-0.1, -0.05) is 12.1 Å². The Labute approximate surface area is 176 Å². The van der Waals surface area contributed by atoms with Crippen LogP contribution < -0.4 is 11.0 Å². The molecule has 4 rings (SSSR count). The smallest absolute Gasteiger partial charge is 0.346 e. The van der Waals surface area contributed by atoms with Gasteiger partial charge in [0.15, 0.2) is 5.78 Å². The van der Waals surface area contributed by atoms with Gasteiger partial charge in [0.05, 0.1) is 17.0 Å². The maximum Gasteiger partial charge on any atom is 0.346 e. The monoisotopic (exact) mass is 428 g/mol. The van der Waals surface area contributed by atoms with Crippen LogP contribution in [0.15, 0.2) is 40.5 Å². The Hall–Kier alpha value is -3.07. The highest BCUT2D eigenvalue weighted by atomic mass is 32.1. The highest BCUT2D eigenvalue weighted by Gasteiger charge is 2.23. The van der Waals surface area contributed by atoms with Gasteiger partial charge < -0.3 is 5.32 Å². The second-order valence-corrected chi connectivity index (χ2v) is 8.30. The number of amides is 1. The van der Waals surface area contributed by atoms with E-state index in [9.17, 15) is 18.8 Å². The van der Waals surface area contributed by atoms with Crippen molar-refractivity contribution in [1.29, 1.82) is 0 Å². The predicted molar refractivity (Wildman–Crippen MR) is 111 cm³/mol. The summed E-state index contributed by atoms with van der Waals surface area (Å²) in [5, 5.41) is 9.13. The lowest BCUT2D eigenvalue weighted by molar-refractivity contribution is 0.0933. The van der Waals surface area contributed by atoms with Crippen LogP contribution in [0.1, 0.15) is 51.2 Å². The van der Waals surface area contributed by atoms with Crippen molar-refractivity contribution in [3.05, 3.63) is 73.8 Å². The summed E-state index contributed by atoms with van der Waals surface area (Å²) in [5.41, 5.74) is 1.08. The number of benzene rings is 1. The van der Waals surface area contributed by atoms with Gasteiger partial charge >= 0.3 is 5.69 Å². The predicted octanol–water partition coefficient (Wildman–Crippen LogP) is 2.63. The third-order valence-corrected chi connectivity index (χ3v) is 6.24. The average molecular weight is 428 g/mol. The second-order valence-electron chi connectivity index (χ2n) is 7.39. The number of halogens is 1. The van der Waals surface area contributed by atoms with Gasteiger partial charge in [-0.3, -0.25) is 14.2 Å². The summed E-state index contributed by atoms with van der Waals surface area (Å²) in [6, 6.07) is 7.53. The first-order valence-electron chi connectivity index (χ1n) is 9.72. The van der Waals surface area contributed by atoms with Crippen molar-refractivity contribution in [3.8, 4) is 0 Å². The first-order valence-corrected chi connectivity index (χ1v) is 10.6. The molecular weight excluding hydrogens is 407 g/mol. The Kier molecular flexibility index (Phi) is 5.63. The van der Waals surface area contributed by atoms with Crippen LogP contribution in [0.5, 0.6) is 0 Å². The molecule has 3 aromatic rings. The minimum Gasteiger partial charge on any atom is -0.349 e. The maximum absolute atomic E-state index is 13.1. The summed E-state index contributed by atoms with van der Waals surface area (Å²) in [5.74, 6) is 0.0981. The molecule has 0 bridgehead atoms. The number of fused-ring (bicyclic) bond motifs is 1. The maximum atomic E-state index is 13.1. The van der Waals surface area contributed by atoms with E-state index in [4.69, 9.17) is 0 Å². The van der Waals surface area contributed by atoms with Crippen LogP contribution in [0.4, 0.5) is 4.39 Å². The molecule has 156 valence electrons.